The normalized spacial score (nSPS) is 16.5. The van der Waals surface area contributed by atoms with E-state index in [0.29, 0.717) is 5.92 Å². The van der Waals surface area contributed by atoms with Gasteiger partial charge in [-0.3, -0.25) is 4.98 Å². The largest absolute Gasteiger partial charge is 0.457 e. The Balaban J connectivity index is 1.57. The number of likely N-dealkylation sites (tertiary alicyclic amines) is 1. The third-order valence-electron chi connectivity index (χ3n) is 4.46. The SMILES string of the molecule is CCOCC1CCN(C(=O)Nc2ccc(Oc3ccncc3)cc2C)C1. The second kappa shape index (κ2) is 8.67. The number of carbonyl (C=O) groups is 1. The van der Waals surface area contributed by atoms with E-state index in [0.717, 1.165) is 55.5 Å². The molecule has 1 aliphatic rings. The molecule has 1 saturated heterocycles. The van der Waals surface area contributed by atoms with Crippen LogP contribution >= 0.6 is 0 Å². The van der Waals surface area contributed by atoms with E-state index < -0.39 is 0 Å². The molecule has 1 fully saturated rings. The highest BCUT2D eigenvalue weighted by molar-refractivity contribution is 5.90. The molecule has 1 aromatic carbocycles. The van der Waals surface area contributed by atoms with Crippen molar-refractivity contribution >= 4 is 11.7 Å². The number of nitrogens with zero attached hydrogens (tertiary/aromatic N) is 2. The molecule has 1 N–H and O–H groups in total. The Morgan fingerprint density at radius 3 is 2.81 bits per heavy atom. The van der Waals surface area contributed by atoms with Crippen LogP contribution in [-0.2, 0) is 4.74 Å². The number of anilines is 1. The molecule has 1 unspecified atom stereocenters. The molecule has 2 heterocycles. The zero-order chi connectivity index (χ0) is 18.4. The lowest BCUT2D eigenvalue weighted by molar-refractivity contribution is 0.113. The van der Waals surface area contributed by atoms with Crippen LogP contribution in [0.5, 0.6) is 11.5 Å². The van der Waals surface area contributed by atoms with E-state index >= 15 is 0 Å². The smallest absolute Gasteiger partial charge is 0.321 e. The van der Waals surface area contributed by atoms with Crippen molar-refractivity contribution in [3.8, 4) is 11.5 Å². The molecular weight excluding hydrogens is 330 g/mol. The maximum atomic E-state index is 12.5. The number of hydrogen-bond donors (Lipinski definition) is 1. The minimum atomic E-state index is -0.0603. The van der Waals surface area contributed by atoms with Gasteiger partial charge in [-0.2, -0.15) is 0 Å². The molecule has 26 heavy (non-hydrogen) atoms. The van der Waals surface area contributed by atoms with Crippen LogP contribution < -0.4 is 10.1 Å². The topological polar surface area (TPSA) is 63.7 Å². The Kier molecular flexibility index (Phi) is 6.07. The van der Waals surface area contributed by atoms with Gasteiger partial charge in [0.2, 0.25) is 0 Å². The Bertz CT molecular complexity index is 736. The van der Waals surface area contributed by atoms with Gasteiger partial charge < -0.3 is 19.7 Å². The Morgan fingerprint density at radius 2 is 2.08 bits per heavy atom. The predicted octanol–water partition coefficient (Wildman–Crippen LogP) is 4.07. The minimum Gasteiger partial charge on any atom is -0.457 e. The van der Waals surface area contributed by atoms with Gasteiger partial charge in [0.15, 0.2) is 0 Å². The third kappa shape index (κ3) is 4.73. The first-order chi connectivity index (χ1) is 12.7. The first kappa shape index (κ1) is 18.2. The van der Waals surface area contributed by atoms with Crippen LogP contribution in [0.4, 0.5) is 10.5 Å². The standard InChI is InChI=1S/C20H25N3O3/c1-3-25-14-16-8-11-23(13-16)20(24)22-19-5-4-18(12-15(19)2)26-17-6-9-21-10-7-17/h4-7,9-10,12,16H,3,8,11,13-14H2,1-2H3,(H,22,24). The first-order valence-electron chi connectivity index (χ1n) is 8.98. The van der Waals surface area contributed by atoms with Gasteiger partial charge in [0.25, 0.3) is 0 Å². The number of aromatic nitrogens is 1. The van der Waals surface area contributed by atoms with Gasteiger partial charge >= 0.3 is 6.03 Å². The summed E-state index contributed by atoms with van der Waals surface area (Å²) < 4.78 is 11.3. The van der Waals surface area contributed by atoms with Crippen molar-refractivity contribution < 1.29 is 14.3 Å². The summed E-state index contributed by atoms with van der Waals surface area (Å²) in [5, 5.41) is 3.00. The van der Waals surface area contributed by atoms with Crippen LogP contribution in [0.1, 0.15) is 18.9 Å². The lowest BCUT2D eigenvalue weighted by Crippen LogP contribution is -2.33. The average Bonchev–Trinajstić information content (AvgIpc) is 3.12. The zero-order valence-electron chi connectivity index (χ0n) is 15.3. The number of pyridine rings is 1. The number of ether oxygens (including phenoxy) is 2. The van der Waals surface area contributed by atoms with Crippen molar-refractivity contribution in [1.82, 2.24) is 9.88 Å². The van der Waals surface area contributed by atoms with E-state index in [9.17, 15) is 4.79 Å². The maximum absolute atomic E-state index is 12.5. The molecule has 2 amide bonds. The molecule has 1 atom stereocenters. The fourth-order valence-corrected chi connectivity index (χ4v) is 3.01. The van der Waals surface area contributed by atoms with Crippen molar-refractivity contribution in [2.24, 2.45) is 5.92 Å². The van der Waals surface area contributed by atoms with Gasteiger partial charge in [0, 0.05) is 43.7 Å². The van der Waals surface area contributed by atoms with Gasteiger partial charge in [0.1, 0.15) is 11.5 Å². The van der Waals surface area contributed by atoms with Crippen molar-refractivity contribution in [3.63, 3.8) is 0 Å². The molecule has 0 spiro atoms. The maximum Gasteiger partial charge on any atom is 0.321 e. The Hall–Kier alpha value is -2.60. The van der Waals surface area contributed by atoms with Crippen molar-refractivity contribution in [2.75, 3.05) is 31.6 Å². The average molecular weight is 355 g/mol. The fourth-order valence-electron chi connectivity index (χ4n) is 3.01. The van der Waals surface area contributed by atoms with Crippen LogP contribution in [-0.4, -0.2) is 42.2 Å². The van der Waals surface area contributed by atoms with Gasteiger partial charge in [-0.25, -0.2) is 4.79 Å². The zero-order valence-corrected chi connectivity index (χ0v) is 15.3. The number of benzene rings is 1. The van der Waals surface area contributed by atoms with Crippen LogP contribution in [0, 0.1) is 12.8 Å². The fraction of sp³-hybridized carbons (Fsp3) is 0.400. The predicted molar refractivity (Wildman–Crippen MR) is 101 cm³/mol. The summed E-state index contributed by atoms with van der Waals surface area (Å²) in [6.07, 6.45) is 4.36. The molecule has 0 bridgehead atoms. The first-order valence-corrected chi connectivity index (χ1v) is 8.98. The Labute approximate surface area is 154 Å². The lowest BCUT2D eigenvalue weighted by Gasteiger charge is -2.18. The number of aryl methyl sites for hydroxylation is 1. The number of carbonyl (C=O) groups excluding carboxylic acids is 1. The second-order valence-corrected chi connectivity index (χ2v) is 6.45. The number of amides is 2. The highest BCUT2D eigenvalue weighted by atomic mass is 16.5. The molecule has 138 valence electrons. The van der Waals surface area contributed by atoms with Gasteiger partial charge in [-0.15, -0.1) is 0 Å². The van der Waals surface area contributed by atoms with Crippen molar-refractivity contribution in [2.45, 2.75) is 20.3 Å². The summed E-state index contributed by atoms with van der Waals surface area (Å²) in [5.41, 5.74) is 1.75. The van der Waals surface area contributed by atoms with E-state index in [1.807, 2.05) is 36.9 Å². The molecule has 1 aromatic heterocycles. The summed E-state index contributed by atoms with van der Waals surface area (Å²) in [7, 11) is 0. The van der Waals surface area contributed by atoms with Crippen LogP contribution in [0.3, 0.4) is 0 Å². The monoisotopic (exact) mass is 355 g/mol. The molecule has 0 aliphatic carbocycles. The Morgan fingerprint density at radius 1 is 1.27 bits per heavy atom. The van der Waals surface area contributed by atoms with Crippen molar-refractivity contribution in [1.29, 1.82) is 0 Å². The second-order valence-electron chi connectivity index (χ2n) is 6.45. The molecule has 6 nitrogen and oxygen atoms in total. The third-order valence-corrected chi connectivity index (χ3v) is 4.46. The van der Waals surface area contributed by atoms with Gasteiger partial charge in [-0.05, 0) is 56.2 Å². The number of hydrogen-bond acceptors (Lipinski definition) is 4. The molecular formula is C20H25N3O3. The summed E-state index contributed by atoms with van der Waals surface area (Å²) >= 11 is 0. The van der Waals surface area contributed by atoms with Gasteiger partial charge in [0.05, 0.1) is 6.61 Å². The number of rotatable bonds is 6. The highest BCUT2D eigenvalue weighted by Crippen LogP contribution is 2.26. The van der Waals surface area contributed by atoms with Gasteiger partial charge in [-0.1, -0.05) is 0 Å². The van der Waals surface area contributed by atoms with E-state index in [-0.39, 0.29) is 6.03 Å². The van der Waals surface area contributed by atoms with Crippen LogP contribution in [0.15, 0.2) is 42.7 Å². The molecule has 2 aromatic rings. The van der Waals surface area contributed by atoms with E-state index in [4.69, 9.17) is 9.47 Å². The summed E-state index contributed by atoms with van der Waals surface area (Å²) in [4.78, 5) is 18.3. The molecule has 6 heteroatoms. The summed E-state index contributed by atoms with van der Waals surface area (Å²) in [6, 6.07) is 9.18. The van der Waals surface area contributed by atoms with E-state index in [1.54, 1.807) is 24.5 Å². The van der Waals surface area contributed by atoms with Crippen molar-refractivity contribution in [3.05, 3.63) is 48.3 Å². The molecule has 0 saturated carbocycles. The summed E-state index contributed by atoms with van der Waals surface area (Å²) in [6.45, 7) is 6.90. The number of urea groups is 1. The highest BCUT2D eigenvalue weighted by Gasteiger charge is 2.26. The quantitative estimate of drug-likeness (QED) is 0.848. The van der Waals surface area contributed by atoms with E-state index in [2.05, 4.69) is 10.3 Å². The molecule has 3 rings (SSSR count). The van der Waals surface area contributed by atoms with Crippen LogP contribution in [0.25, 0.3) is 0 Å². The number of nitrogens with one attached hydrogen (secondary N) is 1. The lowest BCUT2D eigenvalue weighted by atomic mass is 10.1. The molecule has 1 aliphatic heterocycles. The summed E-state index contributed by atoms with van der Waals surface area (Å²) in [5.74, 6) is 1.89. The van der Waals surface area contributed by atoms with E-state index in [1.165, 1.54) is 0 Å². The van der Waals surface area contributed by atoms with Crippen LogP contribution in [0.2, 0.25) is 0 Å². The minimum absolute atomic E-state index is 0.0603. The molecule has 0 radical (unpaired) electrons.